The van der Waals surface area contributed by atoms with E-state index in [0.29, 0.717) is 0 Å². The Bertz CT molecular complexity index is 4060. The van der Waals surface area contributed by atoms with Crippen LogP contribution in [0.2, 0.25) is 0 Å². The quantitative estimate of drug-likeness (QED) is 0.159. The number of fused-ring (bicyclic) bond motifs is 10. The molecule has 0 spiro atoms. The summed E-state index contributed by atoms with van der Waals surface area (Å²) in [7, 11) is 0. The molecule has 8 aromatic carbocycles. The number of aryl methyl sites for hydroxylation is 1. The van der Waals surface area contributed by atoms with E-state index in [1.165, 1.54) is 155 Å². The van der Waals surface area contributed by atoms with Crippen LogP contribution in [0.25, 0.3) is 11.1 Å². The topological polar surface area (TPSA) is 13.0 Å². The largest absolute Gasteiger partial charge is 0.334 e. The van der Waals surface area contributed by atoms with Crippen LogP contribution in [0.1, 0.15) is 201 Å². The Morgan fingerprint density at radius 2 is 0.826 bits per heavy atom. The van der Waals surface area contributed by atoms with Gasteiger partial charge in [0, 0.05) is 67.7 Å². The third kappa shape index (κ3) is 8.27. The molecular weight excluding hydrogens is 1040 g/mol. The van der Waals surface area contributed by atoms with E-state index in [-0.39, 0.29) is 50.3 Å². The fourth-order valence-electron chi connectivity index (χ4n) is 17.3. The Kier molecular flexibility index (Phi) is 12.6. The molecular formula is C81H93BN4. The Labute approximate surface area is 517 Å². The maximum Gasteiger partial charge on any atom is 0.252 e. The Balaban J connectivity index is 1.09. The molecule has 0 aromatic heterocycles. The number of benzene rings is 8. The van der Waals surface area contributed by atoms with Crippen LogP contribution in [0.5, 0.6) is 0 Å². The van der Waals surface area contributed by atoms with Crippen molar-refractivity contribution in [2.24, 2.45) is 0 Å². The van der Waals surface area contributed by atoms with E-state index in [1.54, 1.807) is 0 Å². The van der Waals surface area contributed by atoms with Crippen LogP contribution in [0.3, 0.4) is 0 Å². The lowest BCUT2D eigenvalue weighted by Gasteiger charge is -2.51. The molecule has 0 saturated heterocycles. The van der Waals surface area contributed by atoms with Crippen molar-refractivity contribution >= 4 is 80.0 Å². The van der Waals surface area contributed by atoms with E-state index in [2.05, 4.69) is 295 Å². The Morgan fingerprint density at radius 3 is 1.43 bits per heavy atom. The van der Waals surface area contributed by atoms with Crippen LogP contribution in [0, 0.1) is 6.92 Å². The van der Waals surface area contributed by atoms with Crippen molar-refractivity contribution < 1.29 is 0 Å². The van der Waals surface area contributed by atoms with Crippen LogP contribution in [-0.2, 0) is 32.5 Å². The van der Waals surface area contributed by atoms with E-state index in [9.17, 15) is 0 Å². The van der Waals surface area contributed by atoms with Gasteiger partial charge in [0.15, 0.2) is 0 Å². The molecule has 4 nitrogen and oxygen atoms in total. The van der Waals surface area contributed by atoms with E-state index in [4.69, 9.17) is 0 Å². The van der Waals surface area contributed by atoms with Crippen molar-refractivity contribution in [3.05, 3.63) is 197 Å². The van der Waals surface area contributed by atoms with Crippen molar-refractivity contribution in [2.45, 2.75) is 213 Å². The van der Waals surface area contributed by atoms with Gasteiger partial charge < -0.3 is 19.6 Å². The maximum absolute atomic E-state index is 2.85. The van der Waals surface area contributed by atoms with Gasteiger partial charge in [-0.25, -0.2) is 0 Å². The summed E-state index contributed by atoms with van der Waals surface area (Å²) in [6.07, 6.45) is 9.51. The first-order valence-electron chi connectivity index (χ1n) is 32.8. The molecule has 0 radical (unpaired) electrons. The average molecular weight is 1130 g/mol. The molecule has 2 fully saturated rings. The summed E-state index contributed by atoms with van der Waals surface area (Å²) in [5, 5.41) is 0. The van der Waals surface area contributed by atoms with Crippen molar-refractivity contribution in [3.63, 3.8) is 0 Å². The third-order valence-electron chi connectivity index (χ3n) is 22.9. The molecule has 0 amide bonds. The summed E-state index contributed by atoms with van der Waals surface area (Å²) in [4.78, 5) is 11.1. The minimum Gasteiger partial charge on any atom is -0.334 e. The molecule has 440 valence electrons. The minimum atomic E-state index is -0.196. The lowest BCUT2D eigenvalue weighted by molar-refractivity contribution is 0.195. The summed E-state index contributed by atoms with van der Waals surface area (Å²) >= 11 is 0. The highest BCUT2D eigenvalue weighted by molar-refractivity contribution is 7.00. The second-order valence-electron chi connectivity index (χ2n) is 32.2. The monoisotopic (exact) mass is 1130 g/mol. The van der Waals surface area contributed by atoms with Gasteiger partial charge in [-0.05, 0) is 207 Å². The highest BCUT2D eigenvalue weighted by Gasteiger charge is 2.60. The molecule has 6 aliphatic rings. The predicted octanol–water partition coefficient (Wildman–Crippen LogP) is 20.4. The van der Waals surface area contributed by atoms with E-state index < -0.39 is 0 Å². The lowest BCUT2D eigenvalue weighted by Crippen LogP contribution is -2.61. The van der Waals surface area contributed by atoms with E-state index >= 15 is 0 Å². The van der Waals surface area contributed by atoms with Crippen LogP contribution in [0.4, 0.5) is 56.9 Å². The summed E-state index contributed by atoms with van der Waals surface area (Å²) in [6, 6.07) is 63.7. The van der Waals surface area contributed by atoms with Crippen molar-refractivity contribution in [2.75, 3.05) is 19.6 Å². The highest BCUT2D eigenvalue weighted by atomic mass is 15.3. The molecule has 2 aliphatic carbocycles. The van der Waals surface area contributed by atoms with Crippen LogP contribution >= 0.6 is 0 Å². The summed E-state index contributed by atoms with van der Waals surface area (Å²) in [6.45, 7) is 41.0. The molecule has 4 atom stereocenters. The minimum absolute atomic E-state index is 0.00417. The fraction of sp³-hybridized carbons (Fsp3) is 0.407. The fourth-order valence-corrected chi connectivity index (χ4v) is 17.3. The zero-order valence-electron chi connectivity index (χ0n) is 55.0. The number of hydrogen-bond acceptors (Lipinski definition) is 4. The molecule has 8 aromatic rings. The van der Waals surface area contributed by atoms with Gasteiger partial charge in [-0.1, -0.05) is 208 Å². The first-order valence-corrected chi connectivity index (χ1v) is 32.8. The van der Waals surface area contributed by atoms with Gasteiger partial charge in [0.2, 0.25) is 0 Å². The standard InChI is InChI=1S/C81H93BN4/c1-52-25-18-19-28-62(52)53-29-39-67-63(45-53)78(14)41-20-23-44-81(78,17)86(67)61-50-71-73-72(51-61)84(59-27-24-26-55(46-59)75(5,6)7)69-48-57(77(11,12)13)32-37-65(69)82(73)66-38-36-60(49-70(66)83(71)58-34-30-54(31-35-58)74(2,3)4)85-68-40-33-56(76(8,9)10)47-64(68)79(15)42-21-22-43-80(79,85)16/h18-19,24-40,45-51H,20-23,41-44H2,1-17H3. The molecule has 4 unspecified atom stereocenters. The number of hydrogen-bond donors (Lipinski definition) is 0. The average Bonchev–Trinajstić information content (AvgIpc) is 1.30. The van der Waals surface area contributed by atoms with Gasteiger partial charge in [0.1, 0.15) is 0 Å². The Morgan fingerprint density at radius 1 is 0.360 bits per heavy atom. The SMILES string of the molecule is Cc1ccccc1-c1ccc2c(c1)C1(C)CCCCC1(C)N2c1cc2c3c(c1)N(c1cccc(C(C)(C)C)c1)c1cc(C(C)(C)C)ccc1B3c1ccc(N3c4ccc(C(C)(C)C)cc4C4(C)CCCCC34C)cc1N2c1ccc(C(C)(C)C)cc1. The van der Waals surface area contributed by atoms with E-state index in [1.807, 2.05) is 0 Å². The van der Waals surface area contributed by atoms with Gasteiger partial charge in [-0.15, -0.1) is 0 Å². The lowest BCUT2D eigenvalue weighted by atomic mass is 9.33. The normalized spacial score (nSPS) is 23.1. The van der Waals surface area contributed by atoms with Crippen LogP contribution in [-0.4, -0.2) is 17.8 Å². The molecule has 0 bridgehead atoms. The first kappa shape index (κ1) is 56.8. The number of nitrogens with zero attached hydrogens (tertiary/aromatic N) is 4. The second-order valence-corrected chi connectivity index (χ2v) is 32.2. The van der Waals surface area contributed by atoms with Crippen LogP contribution in [0.15, 0.2) is 158 Å². The van der Waals surface area contributed by atoms with Crippen molar-refractivity contribution in [1.29, 1.82) is 0 Å². The zero-order valence-corrected chi connectivity index (χ0v) is 55.0. The second kappa shape index (κ2) is 19.0. The summed E-state index contributed by atoms with van der Waals surface area (Å²) < 4.78 is 0. The predicted molar refractivity (Wildman–Crippen MR) is 371 cm³/mol. The molecule has 2 saturated carbocycles. The van der Waals surface area contributed by atoms with Gasteiger partial charge in [0.25, 0.3) is 6.71 Å². The number of anilines is 10. The summed E-state index contributed by atoms with van der Waals surface area (Å²) in [5.74, 6) is 0. The zero-order chi connectivity index (χ0) is 60.6. The maximum atomic E-state index is 2.85. The van der Waals surface area contributed by atoms with Gasteiger partial charge in [-0.3, -0.25) is 0 Å². The number of rotatable bonds is 5. The van der Waals surface area contributed by atoms with Crippen LogP contribution < -0.4 is 36.0 Å². The smallest absolute Gasteiger partial charge is 0.252 e. The molecule has 14 rings (SSSR count). The molecule has 86 heavy (non-hydrogen) atoms. The summed E-state index contributed by atoms with van der Waals surface area (Å²) in [5.41, 5.74) is 28.7. The van der Waals surface area contributed by atoms with Crippen molar-refractivity contribution in [1.82, 2.24) is 0 Å². The third-order valence-corrected chi connectivity index (χ3v) is 22.9. The molecule has 0 N–H and O–H groups in total. The molecule has 4 aliphatic heterocycles. The van der Waals surface area contributed by atoms with Crippen molar-refractivity contribution in [3.8, 4) is 11.1 Å². The van der Waals surface area contributed by atoms with Gasteiger partial charge in [0.05, 0.1) is 11.1 Å². The highest BCUT2D eigenvalue weighted by Crippen LogP contribution is 2.64. The Hall–Kier alpha value is -6.98. The van der Waals surface area contributed by atoms with Gasteiger partial charge in [-0.2, -0.15) is 0 Å². The molecule has 4 heterocycles. The van der Waals surface area contributed by atoms with E-state index in [0.717, 1.165) is 19.3 Å². The first-order chi connectivity index (χ1) is 40.5. The molecule has 5 heteroatoms. The van der Waals surface area contributed by atoms with Gasteiger partial charge >= 0.3 is 0 Å².